The molecule has 0 rings (SSSR count). The Balaban J connectivity index is 4.15. The van der Waals surface area contributed by atoms with Crippen LogP contribution in [-0.2, 0) is 18.1 Å². The Labute approximate surface area is 131 Å². The van der Waals surface area contributed by atoms with Crippen LogP contribution in [0.5, 0.6) is 0 Å². The minimum absolute atomic E-state index is 0.0432. The summed E-state index contributed by atoms with van der Waals surface area (Å²) in [6.45, 7) is 9.21. The lowest BCUT2D eigenvalue weighted by Crippen LogP contribution is -2.54. The van der Waals surface area contributed by atoms with Crippen LogP contribution in [0.3, 0.4) is 0 Å². The molecule has 0 spiro atoms. The van der Waals surface area contributed by atoms with Gasteiger partial charge in [-0.2, -0.15) is 0 Å². The van der Waals surface area contributed by atoms with Crippen molar-refractivity contribution in [3.05, 3.63) is 0 Å². The van der Waals surface area contributed by atoms with Crippen LogP contribution in [0, 0.1) is 0 Å². The van der Waals surface area contributed by atoms with Crippen molar-refractivity contribution in [1.82, 2.24) is 0 Å². The van der Waals surface area contributed by atoms with Crippen molar-refractivity contribution in [2.24, 2.45) is 0 Å². The van der Waals surface area contributed by atoms with E-state index < -0.39 is 8.80 Å². The first-order valence-electron chi connectivity index (χ1n) is 8.61. The van der Waals surface area contributed by atoms with Crippen molar-refractivity contribution in [2.45, 2.75) is 79.1 Å². The fourth-order valence-corrected chi connectivity index (χ4v) is 4.69. The van der Waals surface area contributed by atoms with E-state index in [1.165, 1.54) is 32.1 Å². The van der Waals surface area contributed by atoms with Gasteiger partial charge in [0.15, 0.2) is 0 Å². The van der Waals surface area contributed by atoms with E-state index in [-0.39, 0.29) is 5.41 Å². The van der Waals surface area contributed by atoms with Crippen molar-refractivity contribution >= 4 is 14.2 Å². The van der Waals surface area contributed by atoms with Gasteiger partial charge in [-0.25, -0.2) is 0 Å². The highest BCUT2D eigenvalue weighted by Gasteiger charge is 2.48. The van der Waals surface area contributed by atoms with Crippen molar-refractivity contribution in [2.75, 3.05) is 19.8 Å². The molecule has 5 heteroatoms. The van der Waals surface area contributed by atoms with Crippen LogP contribution in [-0.4, -0.2) is 34.0 Å². The predicted molar refractivity (Wildman–Crippen MR) is 88.2 cm³/mol. The van der Waals surface area contributed by atoms with E-state index in [1.807, 2.05) is 20.8 Å². The van der Waals surface area contributed by atoms with Gasteiger partial charge < -0.3 is 13.3 Å². The summed E-state index contributed by atoms with van der Waals surface area (Å²) >= 11 is 0. The average molecular weight is 319 g/mol. The molecule has 0 aromatic carbocycles. The predicted octanol–water partition coefficient (Wildman–Crippen LogP) is 4.28. The Hall–Kier alpha value is -0.233. The molecule has 21 heavy (non-hydrogen) atoms. The van der Waals surface area contributed by atoms with E-state index in [4.69, 9.17) is 13.3 Å². The third-order valence-electron chi connectivity index (χ3n) is 3.35. The molecule has 0 bridgehead atoms. The Morgan fingerprint density at radius 1 is 0.714 bits per heavy atom. The second-order valence-electron chi connectivity index (χ2n) is 5.15. The van der Waals surface area contributed by atoms with Gasteiger partial charge in [-0.05, 0) is 27.2 Å². The molecule has 0 saturated heterocycles. The van der Waals surface area contributed by atoms with Crippen LogP contribution in [0.1, 0.15) is 79.1 Å². The van der Waals surface area contributed by atoms with E-state index in [0.29, 0.717) is 26.2 Å². The summed E-state index contributed by atoms with van der Waals surface area (Å²) < 4.78 is 16.9. The zero-order valence-electron chi connectivity index (χ0n) is 14.4. The molecule has 0 aromatic rings. The summed E-state index contributed by atoms with van der Waals surface area (Å²) in [5.74, 6) is 0. The van der Waals surface area contributed by atoms with Crippen LogP contribution in [0.4, 0.5) is 0 Å². The highest BCUT2D eigenvalue weighted by atomic mass is 28.4. The van der Waals surface area contributed by atoms with Crippen LogP contribution in [0.15, 0.2) is 0 Å². The number of unbranched alkanes of at least 4 members (excludes halogenated alkanes) is 6. The second kappa shape index (κ2) is 13.4. The lowest BCUT2D eigenvalue weighted by molar-refractivity contribution is -0.119. The molecule has 0 amide bonds. The van der Waals surface area contributed by atoms with Gasteiger partial charge in [0, 0.05) is 26.2 Å². The molecule has 0 aliphatic heterocycles. The Kier molecular flexibility index (Phi) is 13.3. The highest BCUT2D eigenvalue weighted by Crippen LogP contribution is 2.16. The zero-order chi connectivity index (χ0) is 16.0. The van der Waals surface area contributed by atoms with Crippen molar-refractivity contribution < 1.29 is 18.1 Å². The molecule has 0 atom stereocenters. The average Bonchev–Trinajstić information content (AvgIpc) is 2.46. The third kappa shape index (κ3) is 8.71. The molecule has 0 radical (unpaired) electrons. The molecule has 0 aromatic heterocycles. The van der Waals surface area contributed by atoms with Gasteiger partial charge in [0.1, 0.15) is 0 Å². The molecule has 126 valence electrons. The monoisotopic (exact) mass is 318 g/mol. The second-order valence-corrected chi connectivity index (χ2v) is 7.69. The fraction of sp³-hybridized carbons (Fsp3) is 0.938. The summed E-state index contributed by atoms with van der Waals surface area (Å²) in [5, 5.41) is 0.0432. The van der Waals surface area contributed by atoms with Gasteiger partial charge >= 0.3 is 8.80 Å². The normalized spacial score (nSPS) is 11.8. The first kappa shape index (κ1) is 20.8. The van der Waals surface area contributed by atoms with Crippen molar-refractivity contribution in [3.63, 3.8) is 0 Å². The van der Waals surface area contributed by atoms with Gasteiger partial charge in [-0.3, -0.25) is 4.79 Å². The molecule has 0 heterocycles. The smallest absolute Gasteiger partial charge is 0.369 e. The first-order chi connectivity index (χ1) is 10.2. The molecule has 0 saturated carbocycles. The molecular formula is C16H34O4Si. The summed E-state index contributed by atoms with van der Waals surface area (Å²) in [7, 11) is -3.12. The molecule has 0 unspecified atom stereocenters. The maximum Gasteiger partial charge on any atom is 0.574 e. The van der Waals surface area contributed by atoms with Crippen molar-refractivity contribution in [1.29, 1.82) is 0 Å². The topological polar surface area (TPSA) is 44.8 Å². The van der Waals surface area contributed by atoms with Gasteiger partial charge in [0.25, 0.3) is 0 Å². The minimum atomic E-state index is -3.12. The maximum absolute atomic E-state index is 12.5. The lowest BCUT2D eigenvalue weighted by Gasteiger charge is -2.26. The lowest BCUT2D eigenvalue weighted by atomic mass is 10.1. The number of carbonyl (C=O) groups is 1. The molecular weight excluding hydrogens is 284 g/mol. The molecule has 0 fully saturated rings. The minimum Gasteiger partial charge on any atom is -0.369 e. The van der Waals surface area contributed by atoms with E-state index in [0.717, 1.165) is 12.8 Å². The summed E-state index contributed by atoms with van der Waals surface area (Å²) in [4.78, 5) is 12.5. The van der Waals surface area contributed by atoms with Crippen LogP contribution >= 0.6 is 0 Å². The molecule has 4 nitrogen and oxygen atoms in total. The Morgan fingerprint density at radius 3 is 1.57 bits per heavy atom. The van der Waals surface area contributed by atoms with Gasteiger partial charge in [-0.15, -0.1) is 0 Å². The Bertz CT molecular complexity index is 242. The van der Waals surface area contributed by atoms with E-state index >= 15 is 0 Å². The van der Waals surface area contributed by atoms with Crippen LogP contribution in [0.25, 0.3) is 0 Å². The van der Waals surface area contributed by atoms with Gasteiger partial charge in [-0.1, -0.05) is 45.4 Å². The van der Waals surface area contributed by atoms with E-state index in [9.17, 15) is 4.79 Å². The SMILES string of the molecule is CCCCCCCCCC(=O)[Si](OCC)(OCC)OCC. The Morgan fingerprint density at radius 2 is 1.14 bits per heavy atom. The van der Waals surface area contributed by atoms with Crippen LogP contribution < -0.4 is 0 Å². The standard InChI is InChI=1S/C16H34O4Si/c1-5-9-10-11-12-13-14-15-16(17)21(18-6-2,19-7-3)20-8-4/h5-15H2,1-4H3. The van der Waals surface area contributed by atoms with Crippen LogP contribution in [0.2, 0.25) is 0 Å². The third-order valence-corrected chi connectivity index (χ3v) is 6.29. The van der Waals surface area contributed by atoms with E-state index in [1.54, 1.807) is 0 Å². The zero-order valence-corrected chi connectivity index (χ0v) is 15.4. The quantitative estimate of drug-likeness (QED) is 0.334. The number of carbonyl (C=O) groups excluding carboxylic acids is 1. The van der Waals surface area contributed by atoms with Gasteiger partial charge in [0.2, 0.25) is 5.41 Å². The summed E-state index contributed by atoms with van der Waals surface area (Å²) in [5.41, 5.74) is 0. The highest BCUT2D eigenvalue weighted by molar-refractivity contribution is 6.92. The number of hydrogen-bond donors (Lipinski definition) is 0. The number of hydrogen-bond acceptors (Lipinski definition) is 4. The van der Waals surface area contributed by atoms with Gasteiger partial charge in [0.05, 0.1) is 0 Å². The maximum atomic E-state index is 12.5. The number of rotatable bonds is 15. The first-order valence-corrected chi connectivity index (χ1v) is 10.3. The summed E-state index contributed by atoms with van der Waals surface area (Å²) in [6, 6.07) is 0. The summed E-state index contributed by atoms with van der Waals surface area (Å²) in [6.07, 6.45) is 8.89. The molecule has 0 aliphatic carbocycles. The van der Waals surface area contributed by atoms with E-state index in [2.05, 4.69) is 6.92 Å². The molecule has 0 aliphatic rings. The fourth-order valence-electron chi connectivity index (χ4n) is 2.33. The molecule has 0 N–H and O–H groups in total. The largest absolute Gasteiger partial charge is 0.574 e. The van der Waals surface area contributed by atoms with Crippen molar-refractivity contribution in [3.8, 4) is 0 Å².